The van der Waals surface area contributed by atoms with Gasteiger partial charge in [-0.25, -0.2) is 0 Å². The summed E-state index contributed by atoms with van der Waals surface area (Å²) in [6.07, 6.45) is 0.971. The molecule has 0 aliphatic rings. The van der Waals surface area contributed by atoms with Gasteiger partial charge in [-0.2, -0.15) is 5.10 Å². The fourth-order valence-corrected chi connectivity index (χ4v) is 1.06. The van der Waals surface area contributed by atoms with Crippen molar-refractivity contribution in [3.05, 3.63) is 11.8 Å². The first kappa shape index (κ1) is 10.1. The number of nitrogens with one attached hydrogen (secondary N) is 1. The maximum Gasteiger partial charge on any atom is 0.145 e. The number of likely N-dealkylation sites (N-methyl/N-ethyl adjacent to an activating group) is 1. The maximum atomic E-state index is 5.49. The van der Waals surface area contributed by atoms with Crippen molar-refractivity contribution in [2.24, 2.45) is 0 Å². The molecule has 0 saturated carbocycles. The SMILES string of the molecule is CC(C)N(C)CCc1cc(N)n[nH]1. The highest BCUT2D eigenvalue weighted by atomic mass is 15.2. The van der Waals surface area contributed by atoms with Crippen molar-refractivity contribution in [2.45, 2.75) is 26.3 Å². The molecule has 0 aliphatic carbocycles. The van der Waals surface area contributed by atoms with Crippen molar-refractivity contribution in [2.75, 3.05) is 19.3 Å². The highest BCUT2D eigenvalue weighted by Crippen LogP contribution is 2.03. The molecule has 3 N–H and O–H groups in total. The number of nitrogens with zero attached hydrogens (tertiary/aromatic N) is 2. The normalized spacial score (nSPS) is 11.5. The van der Waals surface area contributed by atoms with E-state index in [1.54, 1.807) is 0 Å². The van der Waals surface area contributed by atoms with Crippen molar-refractivity contribution < 1.29 is 0 Å². The van der Waals surface area contributed by atoms with E-state index in [-0.39, 0.29) is 0 Å². The van der Waals surface area contributed by atoms with Gasteiger partial charge >= 0.3 is 0 Å². The maximum absolute atomic E-state index is 5.49. The molecule has 0 unspecified atom stereocenters. The van der Waals surface area contributed by atoms with E-state index in [0.29, 0.717) is 11.9 Å². The second kappa shape index (κ2) is 4.28. The van der Waals surface area contributed by atoms with E-state index in [0.717, 1.165) is 18.7 Å². The lowest BCUT2D eigenvalue weighted by Crippen LogP contribution is -2.28. The highest BCUT2D eigenvalue weighted by Gasteiger charge is 2.04. The van der Waals surface area contributed by atoms with Crippen LogP contribution in [0, 0.1) is 0 Å². The first-order valence-corrected chi connectivity index (χ1v) is 4.59. The Morgan fingerprint density at radius 3 is 2.77 bits per heavy atom. The third-order valence-corrected chi connectivity index (χ3v) is 2.27. The van der Waals surface area contributed by atoms with Crippen LogP contribution in [-0.4, -0.2) is 34.7 Å². The van der Waals surface area contributed by atoms with Crippen molar-refractivity contribution in [1.29, 1.82) is 0 Å². The van der Waals surface area contributed by atoms with Gasteiger partial charge in [0.1, 0.15) is 5.82 Å². The third kappa shape index (κ3) is 3.06. The summed E-state index contributed by atoms with van der Waals surface area (Å²) >= 11 is 0. The lowest BCUT2D eigenvalue weighted by Gasteiger charge is -2.20. The molecule has 0 fully saturated rings. The van der Waals surface area contributed by atoms with Gasteiger partial charge in [0, 0.05) is 30.8 Å². The smallest absolute Gasteiger partial charge is 0.145 e. The van der Waals surface area contributed by atoms with E-state index in [9.17, 15) is 0 Å². The topological polar surface area (TPSA) is 57.9 Å². The zero-order valence-corrected chi connectivity index (χ0v) is 8.54. The van der Waals surface area contributed by atoms with Crippen LogP contribution < -0.4 is 5.73 Å². The monoisotopic (exact) mass is 182 g/mol. The Kier molecular flexibility index (Phi) is 3.31. The van der Waals surface area contributed by atoms with Crippen LogP contribution in [0.25, 0.3) is 0 Å². The zero-order chi connectivity index (χ0) is 9.84. The summed E-state index contributed by atoms with van der Waals surface area (Å²) in [5.41, 5.74) is 6.59. The summed E-state index contributed by atoms with van der Waals surface area (Å²) in [4.78, 5) is 2.29. The van der Waals surface area contributed by atoms with Gasteiger partial charge in [0.15, 0.2) is 0 Å². The van der Waals surface area contributed by atoms with E-state index in [2.05, 4.69) is 36.0 Å². The number of rotatable bonds is 4. The van der Waals surface area contributed by atoms with Crippen LogP contribution in [0.5, 0.6) is 0 Å². The van der Waals surface area contributed by atoms with E-state index in [1.807, 2.05) is 6.07 Å². The van der Waals surface area contributed by atoms with Crippen LogP contribution in [0.3, 0.4) is 0 Å². The molecule has 1 aromatic rings. The molecule has 0 aromatic carbocycles. The van der Waals surface area contributed by atoms with Crippen LogP contribution in [0.2, 0.25) is 0 Å². The number of anilines is 1. The van der Waals surface area contributed by atoms with Crippen molar-refractivity contribution >= 4 is 5.82 Å². The van der Waals surface area contributed by atoms with Crippen molar-refractivity contribution in [3.63, 3.8) is 0 Å². The van der Waals surface area contributed by atoms with Gasteiger partial charge in [-0.1, -0.05) is 0 Å². The number of nitrogen functional groups attached to an aromatic ring is 1. The first-order chi connectivity index (χ1) is 6.09. The van der Waals surface area contributed by atoms with Gasteiger partial charge < -0.3 is 10.6 Å². The molecular formula is C9H18N4. The molecule has 1 aromatic heterocycles. The van der Waals surface area contributed by atoms with Crippen molar-refractivity contribution in [3.8, 4) is 0 Å². The zero-order valence-electron chi connectivity index (χ0n) is 8.54. The first-order valence-electron chi connectivity index (χ1n) is 4.59. The molecule has 0 aliphatic heterocycles. The Bertz CT molecular complexity index is 254. The number of hydrogen-bond acceptors (Lipinski definition) is 3. The lowest BCUT2D eigenvalue weighted by atomic mass is 10.2. The fraction of sp³-hybridized carbons (Fsp3) is 0.667. The Balaban J connectivity index is 2.35. The average molecular weight is 182 g/mol. The number of aromatic nitrogens is 2. The van der Waals surface area contributed by atoms with Crippen LogP contribution in [0.4, 0.5) is 5.82 Å². The number of nitrogens with two attached hydrogens (primary N) is 1. The second-order valence-corrected chi connectivity index (χ2v) is 3.64. The summed E-state index contributed by atoms with van der Waals surface area (Å²) in [7, 11) is 2.12. The lowest BCUT2D eigenvalue weighted by molar-refractivity contribution is 0.276. The van der Waals surface area contributed by atoms with Crippen LogP contribution in [0.15, 0.2) is 6.07 Å². The van der Waals surface area contributed by atoms with Gasteiger partial charge in [0.2, 0.25) is 0 Å². The molecule has 1 heterocycles. The van der Waals surface area contributed by atoms with Gasteiger partial charge in [-0.3, -0.25) is 5.10 Å². The van der Waals surface area contributed by atoms with Gasteiger partial charge in [0.25, 0.3) is 0 Å². The Hall–Kier alpha value is -1.03. The number of H-pyrrole nitrogens is 1. The molecule has 0 atom stereocenters. The van der Waals surface area contributed by atoms with E-state index in [4.69, 9.17) is 5.73 Å². The average Bonchev–Trinajstić information content (AvgIpc) is 2.47. The van der Waals surface area contributed by atoms with Gasteiger partial charge in [-0.15, -0.1) is 0 Å². The van der Waals surface area contributed by atoms with Crippen LogP contribution in [-0.2, 0) is 6.42 Å². The summed E-state index contributed by atoms with van der Waals surface area (Å²) in [6, 6.07) is 2.47. The number of aromatic amines is 1. The summed E-state index contributed by atoms with van der Waals surface area (Å²) < 4.78 is 0. The minimum Gasteiger partial charge on any atom is -0.382 e. The molecule has 4 heteroatoms. The molecule has 13 heavy (non-hydrogen) atoms. The predicted octanol–water partition coefficient (Wildman–Crippen LogP) is 0.875. The van der Waals surface area contributed by atoms with Crippen LogP contribution >= 0.6 is 0 Å². The molecule has 0 spiro atoms. The molecule has 0 bridgehead atoms. The minimum atomic E-state index is 0.571. The Morgan fingerprint density at radius 1 is 1.62 bits per heavy atom. The Labute approximate surface area is 79.1 Å². The summed E-state index contributed by atoms with van der Waals surface area (Å²) in [5, 5.41) is 6.77. The van der Waals surface area contributed by atoms with E-state index >= 15 is 0 Å². The highest BCUT2D eigenvalue weighted by molar-refractivity contribution is 5.28. The third-order valence-electron chi connectivity index (χ3n) is 2.27. The minimum absolute atomic E-state index is 0.571. The standard InChI is InChI=1S/C9H18N4/c1-7(2)13(3)5-4-8-6-9(10)12-11-8/h6-7H,4-5H2,1-3H3,(H3,10,11,12). The van der Waals surface area contributed by atoms with Gasteiger partial charge in [0.05, 0.1) is 0 Å². The quantitative estimate of drug-likeness (QED) is 0.726. The molecular weight excluding hydrogens is 164 g/mol. The van der Waals surface area contributed by atoms with Crippen molar-refractivity contribution in [1.82, 2.24) is 15.1 Å². The molecule has 0 saturated heterocycles. The van der Waals surface area contributed by atoms with Gasteiger partial charge in [-0.05, 0) is 20.9 Å². The molecule has 0 radical (unpaired) electrons. The van der Waals surface area contributed by atoms with Crippen LogP contribution in [0.1, 0.15) is 19.5 Å². The van der Waals surface area contributed by atoms with E-state index in [1.165, 1.54) is 0 Å². The second-order valence-electron chi connectivity index (χ2n) is 3.64. The molecule has 74 valence electrons. The fourth-order valence-electron chi connectivity index (χ4n) is 1.06. The molecule has 4 nitrogen and oxygen atoms in total. The Morgan fingerprint density at radius 2 is 2.31 bits per heavy atom. The largest absolute Gasteiger partial charge is 0.382 e. The molecule has 0 amide bonds. The number of hydrogen-bond donors (Lipinski definition) is 2. The summed E-state index contributed by atoms with van der Waals surface area (Å²) in [6.45, 7) is 5.39. The molecule has 1 rings (SSSR count). The predicted molar refractivity (Wildman–Crippen MR) is 54.5 cm³/mol. The summed E-state index contributed by atoms with van der Waals surface area (Å²) in [5.74, 6) is 0.571. The van der Waals surface area contributed by atoms with E-state index < -0.39 is 0 Å².